The maximum absolute atomic E-state index is 12.5. The number of carbonyl (C=O) groups is 1. The Morgan fingerprint density at radius 1 is 0.674 bits per heavy atom. The van der Waals surface area contributed by atoms with Gasteiger partial charge in [0.15, 0.2) is 6.10 Å². The molecule has 6 nitrogen and oxygen atoms in total. The summed E-state index contributed by atoms with van der Waals surface area (Å²) in [6.07, 6.45) is -2.39. The Balaban J connectivity index is 1.44. The third-order valence-electron chi connectivity index (χ3n) is 7.13. The van der Waals surface area contributed by atoms with Gasteiger partial charge < -0.3 is 23.7 Å². The quantitative estimate of drug-likeness (QED) is 0.152. The number of rotatable bonds is 13. The predicted molar refractivity (Wildman–Crippen MR) is 167 cm³/mol. The van der Waals surface area contributed by atoms with Gasteiger partial charge in [-0.3, -0.25) is 4.79 Å². The average molecular weight is 599 g/mol. The zero-order valence-corrected chi connectivity index (χ0v) is 25.4. The molecule has 0 aliphatic carbocycles. The van der Waals surface area contributed by atoms with E-state index >= 15 is 0 Å². The van der Waals surface area contributed by atoms with E-state index in [1.165, 1.54) is 18.7 Å². The normalized spacial score (nSPS) is 21.8. The summed E-state index contributed by atoms with van der Waals surface area (Å²) in [7, 11) is 0. The fraction of sp³-hybridized carbons (Fsp3) is 0.306. The van der Waals surface area contributed by atoms with Crippen LogP contribution < -0.4 is 0 Å². The van der Waals surface area contributed by atoms with Crippen molar-refractivity contribution in [2.24, 2.45) is 0 Å². The van der Waals surface area contributed by atoms with Crippen molar-refractivity contribution in [1.82, 2.24) is 0 Å². The van der Waals surface area contributed by atoms with Gasteiger partial charge >= 0.3 is 5.97 Å². The Morgan fingerprint density at radius 3 is 1.72 bits per heavy atom. The molecule has 0 saturated carbocycles. The Morgan fingerprint density at radius 2 is 1.19 bits per heavy atom. The summed E-state index contributed by atoms with van der Waals surface area (Å²) in [5.74, 6) is -0.406. The van der Waals surface area contributed by atoms with E-state index < -0.39 is 35.8 Å². The first-order valence-electron chi connectivity index (χ1n) is 14.5. The number of hydrogen-bond donors (Lipinski definition) is 0. The van der Waals surface area contributed by atoms with Crippen molar-refractivity contribution in [2.45, 2.75) is 68.4 Å². The van der Waals surface area contributed by atoms with E-state index in [0.29, 0.717) is 19.8 Å². The molecule has 1 aliphatic rings. The second-order valence-electron chi connectivity index (χ2n) is 10.6. The highest BCUT2D eigenvalue weighted by molar-refractivity contribution is 7.99. The molecule has 1 aliphatic heterocycles. The Labute approximate surface area is 258 Å². The van der Waals surface area contributed by atoms with Crippen LogP contribution in [0, 0.1) is 6.92 Å². The van der Waals surface area contributed by atoms with Crippen LogP contribution in [0.2, 0.25) is 0 Å². The largest absolute Gasteiger partial charge is 0.456 e. The monoisotopic (exact) mass is 598 g/mol. The molecule has 43 heavy (non-hydrogen) atoms. The topological polar surface area (TPSA) is 63.2 Å². The number of benzene rings is 4. The lowest BCUT2D eigenvalue weighted by atomic mass is 9.99. The number of hydrogen-bond acceptors (Lipinski definition) is 7. The smallest absolute Gasteiger partial charge is 0.303 e. The summed E-state index contributed by atoms with van der Waals surface area (Å²) < 4.78 is 32.1. The zero-order valence-electron chi connectivity index (χ0n) is 24.5. The Bertz CT molecular complexity index is 1380. The third kappa shape index (κ3) is 9.26. The molecule has 1 fully saturated rings. The van der Waals surface area contributed by atoms with Crippen molar-refractivity contribution < 1.29 is 28.5 Å². The van der Waals surface area contributed by atoms with E-state index in [1.807, 2.05) is 103 Å². The summed E-state index contributed by atoms with van der Waals surface area (Å²) in [5.41, 5.74) is 3.72. The van der Waals surface area contributed by atoms with Crippen LogP contribution in [0.3, 0.4) is 0 Å². The fourth-order valence-corrected chi connectivity index (χ4v) is 6.07. The van der Waals surface area contributed by atoms with Crippen LogP contribution in [0.1, 0.15) is 29.2 Å². The van der Waals surface area contributed by atoms with E-state index in [2.05, 4.69) is 19.1 Å². The van der Waals surface area contributed by atoms with Crippen LogP contribution in [0.25, 0.3) is 0 Å². The summed E-state index contributed by atoms with van der Waals surface area (Å²) in [4.78, 5) is 13.5. The van der Waals surface area contributed by atoms with E-state index in [-0.39, 0.29) is 6.61 Å². The van der Waals surface area contributed by atoms with Crippen molar-refractivity contribution in [3.63, 3.8) is 0 Å². The predicted octanol–water partition coefficient (Wildman–Crippen LogP) is 7.13. The molecule has 5 rings (SSSR count). The highest BCUT2D eigenvalue weighted by atomic mass is 32.2. The van der Waals surface area contributed by atoms with Crippen molar-refractivity contribution >= 4 is 17.7 Å². The van der Waals surface area contributed by atoms with Gasteiger partial charge in [0.25, 0.3) is 0 Å². The standard InChI is InChI=1S/C36H38O6S/c1-26-18-20-31(21-19-26)43-36-35(41-27(2)37)34(40-24-30-16-10-5-11-17-30)33(39-23-29-14-8-4-9-15-29)32(42-36)25-38-22-28-12-6-3-7-13-28/h3-21,32-36H,22-25H2,1-2H3/t32-,33-,34+,35+,36?/m1/s1. The molecule has 5 atom stereocenters. The molecule has 0 bridgehead atoms. The lowest BCUT2D eigenvalue weighted by Crippen LogP contribution is -2.60. The van der Waals surface area contributed by atoms with E-state index in [9.17, 15) is 4.79 Å². The fourth-order valence-electron chi connectivity index (χ4n) is 4.97. The van der Waals surface area contributed by atoms with Crippen molar-refractivity contribution in [3.8, 4) is 0 Å². The molecular weight excluding hydrogens is 560 g/mol. The molecule has 4 aromatic carbocycles. The molecule has 224 valence electrons. The van der Waals surface area contributed by atoms with Crippen LogP contribution >= 0.6 is 11.8 Å². The number of aryl methyl sites for hydroxylation is 1. The molecule has 4 aromatic rings. The first-order valence-corrected chi connectivity index (χ1v) is 15.4. The molecule has 0 aromatic heterocycles. The highest BCUT2D eigenvalue weighted by Crippen LogP contribution is 2.38. The maximum Gasteiger partial charge on any atom is 0.303 e. The lowest BCUT2D eigenvalue weighted by molar-refractivity contribution is -0.249. The minimum Gasteiger partial charge on any atom is -0.456 e. The molecule has 7 heteroatoms. The number of thioether (sulfide) groups is 1. The molecule has 1 saturated heterocycles. The molecule has 1 unspecified atom stereocenters. The Kier molecular flexibility index (Phi) is 11.4. The van der Waals surface area contributed by atoms with Gasteiger partial charge in [0, 0.05) is 11.8 Å². The SMILES string of the molecule is CC(=O)O[C@@H]1C(Sc2ccc(C)cc2)O[C@H](COCc2ccccc2)[C@@H](OCc2ccccc2)[C@@H]1OCc1ccccc1. The first kappa shape index (κ1) is 31.0. The molecule has 0 amide bonds. The number of ether oxygens (including phenoxy) is 5. The molecule has 0 N–H and O–H groups in total. The summed E-state index contributed by atoms with van der Waals surface area (Å²) in [5, 5.41) is 0. The molecule has 1 heterocycles. The molecule has 0 radical (unpaired) electrons. The summed E-state index contributed by atoms with van der Waals surface area (Å²) in [6.45, 7) is 4.85. The average Bonchev–Trinajstić information content (AvgIpc) is 3.03. The second kappa shape index (κ2) is 15.8. The first-order chi connectivity index (χ1) is 21.0. The van der Waals surface area contributed by atoms with Gasteiger partial charge in [-0.05, 0) is 35.7 Å². The van der Waals surface area contributed by atoms with Crippen molar-refractivity contribution in [3.05, 3.63) is 138 Å². The van der Waals surface area contributed by atoms with Gasteiger partial charge in [-0.2, -0.15) is 0 Å². The van der Waals surface area contributed by atoms with E-state index in [1.54, 1.807) is 0 Å². The molecule has 0 spiro atoms. The number of esters is 1. The summed E-state index contributed by atoms with van der Waals surface area (Å²) in [6, 6.07) is 38.2. The van der Waals surface area contributed by atoms with Gasteiger partial charge in [0.05, 0.1) is 26.4 Å². The lowest BCUT2D eigenvalue weighted by Gasteiger charge is -2.45. The van der Waals surface area contributed by atoms with E-state index in [0.717, 1.165) is 27.1 Å². The van der Waals surface area contributed by atoms with Crippen LogP contribution in [0.4, 0.5) is 0 Å². The van der Waals surface area contributed by atoms with Gasteiger partial charge in [-0.1, -0.05) is 120 Å². The zero-order chi connectivity index (χ0) is 29.9. The van der Waals surface area contributed by atoms with E-state index in [4.69, 9.17) is 23.7 Å². The third-order valence-corrected chi connectivity index (χ3v) is 8.29. The van der Waals surface area contributed by atoms with Crippen LogP contribution in [-0.4, -0.2) is 42.4 Å². The maximum atomic E-state index is 12.5. The minimum atomic E-state index is -0.723. The van der Waals surface area contributed by atoms with Crippen molar-refractivity contribution in [1.29, 1.82) is 0 Å². The summed E-state index contributed by atoms with van der Waals surface area (Å²) >= 11 is 1.51. The minimum absolute atomic E-state index is 0.275. The molecular formula is C36H38O6S. The van der Waals surface area contributed by atoms with Gasteiger partial charge in [-0.25, -0.2) is 0 Å². The van der Waals surface area contributed by atoms with Crippen LogP contribution in [-0.2, 0) is 48.3 Å². The van der Waals surface area contributed by atoms with Crippen LogP contribution in [0.5, 0.6) is 0 Å². The van der Waals surface area contributed by atoms with Gasteiger partial charge in [-0.15, -0.1) is 0 Å². The highest BCUT2D eigenvalue weighted by Gasteiger charge is 2.50. The van der Waals surface area contributed by atoms with Crippen LogP contribution in [0.15, 0.2) is 120 Å². The second-order valence-corrected chi connectivity index (χ2v) is 11.7. The Hall–Kier alpha value is -3.46. The van der Waals surface area contributed by atoms with Gasteiger partial charge in [0.2, 0.25) is 0 Å². The van der Waals surface area contributed by atoms with Crippen molar-refractivity contribution in [2.75, 3.05) is 6.61 Å². The number of carbonyl (C=O) groups excluding carboxylic acids is 1. The van der Waals surface area contributed by atoms with Gasteiger partial charge in [0.1, 0.15) is 23.7 Å².